The van der Waals surface area contributed by atoms with Crippen molar-refractivity contribution in [2.75, 3.05) is 6.54 Å². The number of hydrogen-bond acceptors (Lipinski definition) is 5. The Hall–Kier alpha value is -1.76. The Morgan fingerprint density at radius 3 is 2.86 bits per heavy atom. The van der Waals surface area contributed by atoms with Crippen molar-refractivity contribution in [3.63, 3.8) is 0 Å². The molecule has 0 aromatic carbocycles. The van der Waals surface area contributed by atoms with Crippen LogP contribution in [0.15, 0.2) is 18.0 Å². The van der Waals surface area contributed by atoms with Crippen LogP contribution in [0.1, 0.15) is 37.4 Å². The highest BCUT2D eigenvalue weighted by Crippen LogP contribution is 2.17. The molecule has 0 saturated heterocycles. The highest BCUT2D eigenvalue weighted by Gasteiger charge is 2.13. The standard InChI is InChI=1S/C14H21N5OS/c1-10(2)12-7-21-13(18-12)4-5-16-14(20)11(3)6-19-9-15-8-17-19/h7-11H,4-6H2,1-3H3,(H,16,20)/t11-/m1/s1. The Balaban J connectivity index is 1.73. The van der Waals surface area contributed by atoms with E-state index in [0.717, 1.165) is 17.1 Å². The van der Waals surface area contributed by atoms with E-state index in [1.807, 2.05) is 6.92 Å². The van der Waals surface area contributed by atoms with Gasteiger partial charge in [-0.25, -0.2) is 9.97 Å². The van der Waals surface area contributed by atoms with Crippen molar-refractivity contribution in [1.82, 2.24) is 25.1 Å². The van der Waals surface area contributed by atoms with Crippen molar-refractivity contribution < 1.29 is 4.79 Å². The van der Waals surface area contributed by atoms with E-state index >= 15 is 0 Å². The molecule has 6 nitrogen and oxygen atoms in total. The molecule has 0 fully saturated rings. The molecule has 0 saturated carbocycles. The van der Waals surface area contributed by atoms with Crippen LogP contribution >= 0.6 is 11.3 Å². The monoisotopic (exact) mass is 307 g/mol. The van der Waals surface area contributed by atoms with Crippen LogP contribution in [0.5, 0.6) is 0 Å². The quantitative estimate of drug-likeness (QED) is 0.847. The fourth-order valence-corrected chi connectivity index (χ4v) is 2.82. The molecule has 0 radical (unpaired) electrons. The molecule has 1 atom stereocenters. The molecule has 2 aromatic heterocycles. The van der Waals surface area contributed by atoms with Gasteiger partial charge in [0, 0.05) is 18.3 Å². The first-order valence-electron chi connectivity index (χ1n) is 7.10. The van der Waals surface area contributed by atoms with Crippen LogP contribution in [-0.4, -0.2) is 32.2 Å². The first kappa shape index (κ1) is 15.6. The second-order valence-electron chi connectivity index (χ2n) is 5.38. The topological polar surface area (TPSA) is 72.7 Å². The van der Waals surface area contributed by atoms with Crippen LogP contribution < -0.4 is 5.32 Å². The van der Waals surface area contributed by atoms with E-state index in [4.69, 9.17) is 0 Å². The van der Waals surface area contributed by atoms with Crippen LogP contribution in [0.4, 0.5) is 0 Å². The predicted molar refractivity (Wildman–Crippen MR) is 82.1 cm³/mol. The summed E-state index contributed by atoms with van der Waals surface area (Å²) in [5, 5.41) is 10.1. The summed E-state index contributed by atoms with van der Waals surface area (Å²) in [5.74, 6) is 0.354. The Morgan fingerprint density at radius 2 is 2.24 bits per heavy atom. The summed E-state index contributed by atoms with van der Waals surface area (Å²) >= 11 is 1.66. The smallest absolute Gasteiger partial charge is 0.224 e. The van der Waals surface area contributed by atoms with Gasteiger partial charge in [0.15, 0.2) is 0 Å². The molecule has 1 amide bonds. The highest BCUT2D eigenvalue weighted by atomic mass is 32.1. The van der Waals surface area contributed by atoms with E-state index in [1.165, 1.54) is 6.33 Å². The van der Waals surface area contributed by atoms with Crippen molar-refractivity contribution in [3.8, 4) is 0 Å². The fourth-order valence-electron chi connectivity index (χ4n) is 1.86. The number of nitrogens with one attached hydrogen (secondary N) is 1. The minimum Gasteiger partial charge on any atom is -0.355 e. The number of nitrogens with zero attached hydrogens (tertiary/aromatic N) is 4. The van der Waals surface area contributed by atoms with Gasteiger partial charge in [-0.3, -0.25) is 9.48 Å². The third-order valence-electron chi connectivity index (χ3n) is 3.17. The number of rotatable bonds is 7. The highest BCUT2D eigenvalue weighted by molar-refractivity contribution is 7.09. The third kappa shape index (κ3) is 4.63. The summed E-state index contributed by atoms with van der Waals surface area (Å²) < 4.78 is 1.67. The van der Waals surface area contributed by atoms with Crippen LogP contribution in [0.2, 0.25) is 0 Å². The second-order valence-corrected chi connectivity index (χ2v) is 6.32. The number of carbonyl (C=O) groups excluding carboxylic acids is 1. The van der Waals surface area contributed by atoms with Gasteiger partial charge in [0.2, 0.25) is 5.91 Å². The summed E-state index contributed by atoms with van der Waals surface area (Å²) in [6, 6.07) is 0. The lowest BCUT2D eigenvalue weighted by Crippen LogP contribution is -2.33. The molecule has 2 heterocycles. The van der Waals surface area contributed by atoms with Crippen LogP contribution in [0.25, 0.3) is 0 Å². The summed E-state index contributed by atoms with van der Waals surface area (Å²) in [5.41, 5.74) is 1.13. The molecule has 0 aliphatic rings. The van der Waals surface area contributed by atoms with Gasteiger partial charge in [0.05, 0.1) is 23.2 Å². The minimum absolute atomic E-state index is 0.0335. The summed E-state index contributed by atoms with van der Waals surface area (Å²) in [6.07, 6.45) is 3.87. The maximum Gasteiger partial charge on any atom is 0.224 e. The van der Waals surface area contributed by atoms with Crippen LogP contribution in [0.3, 0.4) is 0 Å². The minimum atomic E-state index is -0.130. The molecular weight excluding hydrogens is 286 g/mol. The Bertz CT molecular complexity index is 564. The molecule has 2 rings (SSSR count). The molecular formula is C14H21N5OS. The Morgan fingerprint density at radius 1 is 1.43 bits per heavy atom. The largest absolute Gasteiger partial charge is 0.355 e. The van der Waals surface area contributed by atoms with E-state index in [9.17, 15) is 4.79 Å². The average Bonchev–Trinajstić information content (AvgIpc) is 3.09. The van der Waals surface area contributed by atoms with Gasteiger partial charge in [0.1, 0.15) is 12.7 Å². The molecule has 1 N–H and O–H groups in total. The summed E-state index contributed by atoms with van der Waals surface area (Å²) in [6.45, 7) is 7.31. The molecule has 0 aliphatic heterocycles. The predicted octanol–water partition coefficient (Wildman–Crippen LogP) is 1.85. The normalized spacial score (nSPS) is 12.6. The third-order valence-corrected chi connectivity index (χ3v) is 4.10. The van der Waals surface area contributed by atoms with Gasteiger partial charge in [0.25, 0.3) is 0 Å². The first-order valence-corrected chi connectivity index (χ1v) is 7.98. The van der Waals surface area contributed by atoms with Crippen LogP contribution in [0, 0.1) is 5.92 Å². The number of carbonyl (C=O) groups is 1. The molecule has 114 valence electrons. The summed E-state index contributed by atoms with van der Waals surface area (Å²) in [7, 11) is 0. The lowest BCUT2D eigenvalue weighted by atomic mass is 10.1. The molecule has 0 bridgehead atoms. The number of aromatic nitrogens is 4. The van der Waals surface area contributed by atoms with E-state index < -0.39 is 0 Å². The van der Waals surface area contributed by atoms with Crippen LogP contribution in [-0.2, 0) is 17.8 Å². The SMILES string of the molecule is CC(C)c1csc(CCNC(=O)[C@H](C)Cn2cncn2)n1. The maximum absolute atomic E-state index is 12.0. The maximum atomic E-state index is 12.0. The zero-order valence-corrected chi connectivity index (χ0v) is 13.4. The number of hydrogen-bond donors (Lipinski definition) is 1. The molecule has 0 spiro atoms. The van der Waals surface area contributed by atoms with Gasteiger partial charge in [-0.05, 0) is 5.92 Å². The Kier molecular flexibility index (Phi) is 5.44. The number of amides is 1. The van der Waals surface area contributed by atoms with Gasteiger partial charge in [-0.2, -0.15) is 5.10 Å². The van der Waals surface area contributed by atoms with Gasteiger partial charge in [-0.1, -0.05) is 20.8 Å². The average molecular weight is 307 g/mol. The van der Waals surface area contributed by atoms with Crippen molar-refractivity contribution >= 4 is 17.2 Å². The summed E-state index contributed by atoms with van der Waals surface area (Å²) in [4.78, 5) is 20.4. The molecule has 7 heteroatoms. The van der Waals surface area contributed by atoms with Crippen molar-refractivity contribution in [1.29, 1.82) is 0 Å². The van der Waals surface area contributed by atoms with Crippen molar-refractivity contribution in [3.05, 3.63) is 28.7 Å². The molecule has 0 aliphatic carbocycles. The molecule has 2 aromatic rings. The van der Waals surface area contributed by atoms with E-state index in [1.54, 1.807) is 22.3 Å². The zero-order valence-electron chi connectivity index (χ0n) is 12.6. The van der Waals surface area contributed by atoms with E-state index in [0.29, 0.717) is 19.0 Å². The Labute approximate surface area is 128 Å². The second kappa shape index (κ2) is 7.31. The molecule has 21 heavy (non-hydrogen) atoms. The number of thiazole rings is 1. The fraction of sp³-hybridized carbons (Fsp3) is 0.571. The molecule has 0 unspecified atom stereocenters. The zero-order chi connectivity index (χ0) is 15.2. The first-order chi connectivity index (χ1) is 10.1. The van der Waals surface area contributed by atoms with E-state index in [2.05, 4.69) is 39.6 Å². The van der Waals surface area contributed by atoms with Gasteiger partial charge < -0.3 is 5.32 Å². The van der Waals surface area contributed by atoms with E-state index in [-0.39, 0.29) is 11.8 Å². The van der Waals surface area contributed by atoms with Gasteiger partial charge in [-0.15, -0.1) is 11.3 Å². The van der Waals surface area contributed by atoms with Gasteiger partial charge >= 0.3 is 0 Å². The van der Waals surface area contributed by atoms with Crippen molar-refractivity contribution in [2.45, 2.75) is 39.7 Å². The van der Waals surface area contributed by atoms with Crippen molar-refractivity contribution in [2.24, 2.45) is 5.92 Å². The lowest BCUT2D eigenvalue weighted by molar-refractivity contribution is -0.124. The lowest BCUT2D eigenvalue weighted by Gasteiger charge is -2.11.